The van der Waals surface area contributed by atoms with Crippen LogP contribution in [0.2, 0.25) is 0 Å². The molecular formula is C10H21N3O2. The van der Waals surface area contributed by atoms with Crippen molar-refractivity contribution in [3.8, 4) is 0 Å². The van der Waals surface area contributed by atoms with Crippen LogP contribution in [0, 0.1) is 0 Å². The molecule has 0 aromatic carbocycles. The van der Waals surface area contributed by atoms with Crippen molar-refractivity contribution < 1.29 is 9.59 Å². The molecule has 0 aliphatic rings. The first-order valence-corrected chi connectivity index (χ1v) is 5.34. The van der Waals surface area contributed by atoms with E-state index in [0.29, 0.717) is 19.4 Å². The van der Waals surface area contributed by atoms with Gasteiger partial charge in [0.25, 0.3) is 0 Å². The molecule has 15 heavy (non-hydrogen) atoms. The smallest absolute Gasteiger partial charge is 0.240 e. The lowest BCUT2D eigenvalue weighted by atomic mass is 9.93. The van der Waals surface area contributed by atoms with Crippen LogP contribution < -0.4 is 16.4 Å². The van der Waals surface area contributed by atoms with E-state index < -0.39 is 5.54 Å². The van der Waals surface area contributed by atoms with Crippen LogP contribution in [0.4, 0.5) is 0 Å². The van der Waals surface area contributed by atoms with Gasteiger partial charge in [-0.1, -0.05) is 13.8 Å². The second-order valence-electron chi connectivity index (χ2n) is 3.50. The van der Waals surface area contributed by atoms with Gasteiger partial charge in [0, 0.05) is 6.54 Å². The van der Waals surface area contributed by atoms with Crippen molar-refractivity contribution in [2.24, 2.45) is 5.73 Å². The average molecular weight is 215 g/mol. The van der Waals surface area contributed by atoms with Gasteiger partial charge in [0.15, 0.2) is 0 Å². The second kappa shape index (κ2) is 6.40. The normalized spacial score (nSPS) is 10.9. The van der Waals surface area contributed by atoms with Gasteiger partial charge in [0.1, 0.15) is 0 Å². The molecule has 0 atom stereocenters. The summed E-state index contributed by atoms with van der Waals surface area (Å²) in [5.74, 6) is -0.459. The first kappa shape index (κ1) is 13.9. The van der Waals surface area contributed by atoms with E-state index in [0.717, 1.165) is 0 Å². The van der Waals surface area contributed by atoms with Crippen LogP contribution in [0.1, 0.15) is 33.6 Å². The van der Waals surface area contributed by atoms with Crippen LogP contribution in [-0.2, 0) is 9.59 Å². The molecule has 0 unspecified atom stereocenters. The number of hydrogen-bond donors (Lipinski definition) is 3. The van der Waals surface area contributed by atoms with Gasteiger partial charge >= 0.3 is 0 Å². The lowest BCUT2D eigenvalue weighted by Crippen LogP contribution is -2.54. The molecule has 0 aliphatic heterocycles. The standard InChI is InChI=1S/C10H21N3O2/c1-4-10(11,5-2)9(15)13-7-8(14)12-6-3/h4-7,11H2,1-3H3,(H,12,14)(H,13,15). The molecule has 0 rings (SSSR count). The number of carbonyl (C=O) groups excluding carboxylic acids is 2. The molecule has 5 nitrogen and oxygen atoms in total. The van der Waals surface area contributed by atoms with Gasteiger partial charge in [0.05, 0.1) is 12.1 Å². The summed E-state index contributed by atoms with van der Waals surface area (Å²) in [5, 5.41) is 5.13. The fourth-order valence-corrected chi connectivity index (χ4v) is 1.17. The molecular weight excluding hydrogens is 194 g/mol. The fraction of sp³-hybridized carbons (Fsp3) is 0.800. The summed E-state index contributed by atoms with van der Waals surface area (Å²) >= 11 is 0. The SMILES string of the molecule is CCNC(=O)CNC(=O)C(N)(CC)CC. The summed E-state index contributed by atoms with van der Waals surface area (Å²) in [7, 11) is 0. The van der Waals surface area contributed by atoms with E-state index in [9.17, 15) is 9.59 Å². The summed E-state index contributed by atoms with van der Waals surface area (Å²) < 4.78 is 0. The highest BCUT2D eigenvalue weighted by Crippen LogP contribution is 2.10. The molecule has 0 saturated heterocycles. The maximum absolute atomic E-state index is 11.6. The number of nitrogens with two attached hydrogens (primary N) is 1. The Morgan fingerprint density at radius 1 is 1.13 bits per heavy atom. The van der Waals surface area contributed by atoms with Crippen molar-refractivity contribution in [2.45, 2.75) is 39.2 Å². The van der Waals surface area contributed by atoms with E-state index in [1.54, 1.807) is 0 Å². The number of likely N-dealkylation sites (N-methyl/N-ethyl adjacent to an activating group) is 1. The van der Waals surface area contributed by atoms with Crippen LogP contribution in [-0.4, -0.2) is 30.4 Å². The van der Waals surface area contributed by atoms with E-state index in [-0.39, 0.29) is 18.4 Å². The van der Waals surface area contributed by atoms with Gasteiger partial charge in [-0.3, -0.25) is 9.59 Å². The zero-order valence-electron chi connectivity index (χ0n) is 9.72. The highest BCUT2D eigenvalue weighted by molar-refractivity contribution is 5.90. The van der Waals surface area contributed by atoms with Gasteiger partial charge in [-0.2, -0.15) is 0 Å². The average Bonchev–Trinajstić information content (AvgIpc) is 2.25. The molecule has 5 heteroatoms. The number of carbonyl (C=O) groups is 2. The van der Waals surface area contributed by atoms with Crippen molar-refractivity contribution in [1.29, 1.82) is 0 Å². The van der Waals surface area contributed by atoms with Gasteiger partial charge < -0.3 is 16.4 Å². The highest BCUT2D eigenvalue weighted by atomic mass is 16.2. The Balaban J connectivity index is 4.08. The molecule has 88 valence electrons. The minimum absolute atomic E-state index is 0.00831. The minimum Gasteiger partial charge on any atom is -0.355 e. The maximum atomic E-state index is 11.6. The van der Waals surface area contributed by atoms with Gasteiger partial charge in [-0.15, -0.1) is 0 Å². The van der Waals surface area contributed by atoms with Crippen LogP contribution in [0.5, 0.6) is 0 Å². The zero-order valence-corrected chi connectivity index (χ0v) is 9.72. The fourth-order valence-electron chi connectivity index (χ4n) is 1.17. The van der Waals surface area contributed by atoms with Gasteiger partial charge in [0.2, 0.25) is 11.8 Å². The first-order valence-electron chi connectivity index (χ1n) is 5.34. The molecule has 0 saturated carbocycles. The second-order valence-corrected chi connectivity index (χ2v) is 3.50. The summed E-state index contributed by atoms with van der Waals surface area (Å²) in [6.45, 7) is 6.09. The molecule has 0 radical (unpaired) electrons. The summed E-state index contributed by atoms with van der Waals surface area (Å²) in [5.41, 5.74) is 5.00. The number of hydrogen-bond acceptors (Lipinski definition) is 3. The molecule has 0 aliphatic carbocycles. The number of nitrogens with one attached hydrogen (secondary N) is 2. The lowest BCUT2D eigenvalue weighted by molar-refractivity contribution is -0.129. The molecule has 2 amide bonds. The Labute approximate surface area is 90.8 Å². The Morgan fingerprint density at radius 3 is 2.07 bits per heavy atom. The summed E-state index contributed by atoms with van der Waals surface area (Å²) in [6.07, 6.45) is 1.12. The largest absolute Gasteiger partial charge is 0.355 e. The van der Waals surface area contributed by atoms with E-state index >= 15 is 0 Å². The molecule has 4 N–H and O–H groups in total. The van der Waals surface area contributed by atoms with Crippen LogP contribution >= 0.6 is 0 Å². The molecule has 0 bridgehead atoms. The molecule has 0 aromatic heterocycles. The third-order valence-electron chi connectivity index (χ3n) is 2.50. The number of amides is 2. The minimum atomic E-state index is -0.855. The predicted molar refractivity (Wildman–Crippen MR) is 59.2 cm³/mol. The molecule has 0 heterocycles. The van der Waals surface area contributed by atoms with E-state index in [1.165, 1.54) is 0 Å². The maximum Gasteiger partial charge on any atom is 0.240 e. The van der Waals surface area contributed by atoms with Crippen LogP contribution in [0.25, 0.3) is 0 Å². The summed E-state index contributed by atoms with van der Waals surface area (Å²) in [4.78, 5) is 22.7. The van der Waals surface area contributed by atoms with Crippen molar-refractivity contribution in [3.63, 3.8) is 0 Å². The predicted octanol–water partition coefficient (Wildman–Crippen LogP) is -0.244. The number of rotatable bonds is 6. The quantitative estimate of drug-likeness (QED) is 0.571. The lowest BCUT2D eigenvalue weighted by Gasteiger charge is -2.24. The van der Waals surface area contributed by atoms with E-state index in [2.05, 4.69) is 10.6 Å². The monoisotopic (exact) mass is 215 g/mol. The molecule has 0 fully saturated rings. The third-order valence-corrected chi connectivity index (χ3v) is 2.50. The Bertz CT molecular complexity index is 225. The third kappa shape index (κ3) is 4.29. The molecule has 0 spiro atoms. The Kier molecular flexibility index (Phi) is 5.93. The van der Waals surface area contributed by atoms with E-state index in [4.69, 9.17) is 5.73 Å². The van der Waals surface area contributed by atoms with Crippen molar-refractivity contribution >= 4 is 11.8 Å². The molecule has 0 aromatic rings. The summed E-state index contributed by atoms with van der Waals surface area (Å²) in [6, 6.07) is 0. The van der Waals surface area contributed by atoms with Crippen molar-refractivity contribution in [1.82, 2.24) is 10.6 Å². The zero-order chi connectivity index (χ0) is 11.9. The topological polar surface area (TPSA) is 84.2 Å². The highest BCUT2D eigenvalue weighted by Gasteiger charge is 2.29. The van der Waals surface area contributed by atoms with Crippen LogP contribution in [0.3, 0.4) is 0 Å². The van der Waals surface area contributed by atoms with Crippen LogP contribution in [0.15, 0.2) is 0 Å². The van der Waals surface area contributed by atoms with Gasteiger partial charge in [-0.05, 0) is 19.8 Å². The van der Waals surface area contributed by atoms with Crippen molar-refractivity contribution in [3.05, 3.63) is 0 Å². The van der Waals surface area contributed by atoms with E-state index in [1.807, 2.05) is 20.8 Å². The Morgan fingerprint density at radius 2 is 1.67 bits per heavy atom. The first-order chi connectivity index (χ1) is 7.00. The van der Waals surface area contributed by atoms with Crippen molar-refractivity contribution in [2.75, 3.05) is 13.1 Å². The van der Waals surface area contributed by atoms with Gasteiger partial charge in [-0.25, -0.2) is 0 Å². The Hall–Kier alpha value is -1.10.